The van der Waals surface area contributed by atoms with Gasteiger partial charge in [0.2, 0.25) is 5.95 Å². The lowest BCUT2D eigenvalue weighted by Gasteiger charge is -2.09. The van der Waals surface area contributed by atoms with E-state index in [2.05, 4.69) is 27.5 Å². The van der Waals surface area contributed by atoms with Crippen molar-refractivity contribution in [1.82, 2.24) is 9.97 Å². The topological polar surface area (TPSA) is 59.1 Å². The van der Waals surface area contributed by atoms with Crippen LogP contribution in [0.4, 0.5) is 11.8 Å². The van der Waals surface area contributed by atoms with Crippen molar-refractivity contribution < 1.29 is 4.74 Å². The van der Waals surface area contributed by atoms with E-state index in [1.807, 2.05) is 19.9 Å². The molecule has 102 valence electrons. The van der Waals surface area contributed by atoms with Crippen molar-refractivity contribution in [2.45, 2.75) is 33.6 Å². The highest BCUT2D eigenvalue weighted by molar-refractivity contribution is 5.41. The first kappa shape index (κ1) is 14.7. The van der Waals surface area contributed by atoms with Crippen LogP contribution in [-0.2, 0) is 4.74 Å². The molecule has 0 radical (unpaired) electrons. The fourth-order valence-corrected chi connectivity index (χ4v) is 1.53. The van der Waals surface area contributed by atoms with E-state index >= 15 is 0 Å². The average Bonchev–Trinajstić information content (AvgIpc) is 2.33. The van der Waals surface area contributed by atoms with Crippen LogP contribution in [0.1, 0.15) is 32.4 Å². The van der Waals surface area contributed by atoms with Gasteiger partial charge in [-0.1, -0.05) is 6.92 Å². The second-order valence-corrected chi connectivity index (χ2v) is 4.14. The molecule has 0 saturated heterocycles. The molecule has 2 N–H and O–H groups in total. The number of anilines is 2. The Balaban J connectivity index is 2.32. The third-order valence-electron chi connectivity index (χ3n) is 2.31. The number of aryl methyl sites for hydroxylation is 1. The van der Waals surface area contributed by atoms with Crippen molar-refractivity contribution in [3.8, 4) is 0 Å². The van der Waals surface area contributed by atoms with Gasteiger partial charge in [0, 0.05) is 38.1 Å². The van der Waals surface area contributed by atoms with Gasteiger partial charge in [-0.15, -0.1) is 0 Å². The van der Waals surface area contributed by atoms with Crippen LogP contribution in [0, 0.1) is 6.92 Å². The molecule has 0 bridgehead atoms. The first-order valence-corrected chi connectivity index (χ1v) is 6.67. The zero-order chi connectivity index (χ0) is 13.2. The molecule has 0 unspecified atom stereocenters. The summed E-state index contributed by atoms with van der Waals surface area (Å²) in [5.41, 5.74) is 0.964. The average molecular weight is 252 g/mol. The Morgan fingerprint density at radius 1 is 1.17 bits per heavy atom. The van der Waals surface area contributed by atoms with Gasteiger partial charge in [0.05, 0.1) is 0 Å². The van der Waals surface area contributed by atoms with Gasteiger partial charge in [-0.2, -0.15) is 4.98 Å². The van der Waals surface area contributed by atoms with E-state index in [9.17, 15) is 0 Å². The molecule has 0 aliphatic carbocycles. The zero-order valence-corrected chi connectivity index (χ0v) is 11.6. The summed E-state index contributed by atoms with van der Waals surface area (Å²) in [6.07, 6.45) is 2.06. The highest BCUT2D eigenvalue weighted by atomic mass is 16.5. The van der Waals surface area contributed by atoms with Gasteiger partial charge in [-0.3, -0.25) is 0 Å². The smallest absolute Gasteiger partial charge is 0.224 e. The molecule has 18 heavy (non-hydrogen) atoms. The molecule has 1 aromatic heterocycles. The summed E-state index contributed by atoms with van der Waals surface area (Å²) in [4.78, 5) is 8.69. The summed E-state index contributed by atoms with van der Waals surface area (Å²) in [7, 11) is 0. The second kappa shape index (κ2) is 8.69. The molecule has 0 atom stereocenters. The van der Waals surface area contributed by atoms with Crippen LogP contribution in [0.25, 0.3) is 0 Å². The SMILES string of the molecule is CCCOCCCNc1cc(C)nc(NCC)n1. The van der Waals surface area contributed by atoms with E-state index in [1.54, 1.807) is 0 Å². The number of hydrogen-bond donors (Lipinski definition) is 2. The van der Waals surface area contributed by atoms with E-state index in [-0.39, 0.29) is 0 Å². The molecule has 0 amide bonds. The molecule has 1 rings (SSSR count). The fraction of sp³-hybridized carbons (Fsp3) is 0.692. The van der Waals surface area contributed by atoms with Crippen LogP contribution >= 0.6 is 0 Å². The monoisotopic (exact) mass is 252 g/mol. The molecule has 5 heteroatoms. The van der Waals surface area contributed by atoms with E-state index < -0.39 is 0 Å². The van der Waals surface area contributed by atoms with Gasteiger partial charge < -0.3 is 15.4 Å². The maximum Gasteiger partial charge on any atom is 0.224 e. The van der Waals surface area contributed by atoms with Crippen LogP contribution in [0.2, 0.25) is 0 Å². The van der Waals surface area contributed by atoms with Crippen LogP contribution in [0.15, 0.2) is 6.07 Å². The number of nitrogens with zero attached hydrogens (tertiary/aromatic N) is 2. The summed E-state index contributed by atoms with van der Waals surface area (Å²) in [5.74, 6) is 1.55. The van der Waals surface area contributed by atoms with Gasteiger partial charge in [0.15, 0.2) is 0 Å². The molecular weight excluding hydrogens is 228 g/mol. The number of nitrogens with one attached hydrogen (secondary N) is 2. The van der Waals surface area contributed by atoms with Crippen molar-refractivity contribution in [2.75, 3.05) is 36.9 Å². The van der Waals surface area contributed by atoms with Gasteiger partial charge in [0.1, 0.15) is 5.82 Å². The third-order valence-corrected chi connectivity index (χ3v) is 2.31. The summed E-state index contributed by atoms with van der Waals surface area (Å²) in [6.45, 7) is 9.45. The Kier molecular flexibility index (Phi) is 7.10. The van der Waals surface area contributed by atoms with Crippen LogP contribution < -0.4 is 10.6 Å². The molecule has 1 heterocycles. The van der Waals surface area contributed by atoms with Crippen LogP contribution in [0.5, 0.6) is 0 Å². The molecule has 0 saturated carbocycles. The molecular formula is C13H24N4O. The van der Waals surface area contributed by atoms with Crippen LogP contribution in [0.3, 0.4) is 0 Å². The first-order chi connectivity index (χ1) is 8.76. The quantitative estimate of drug-likeness (QED) is 0.661. The van der Waals surface area contributed by atoms with Crippen molar-refractivity contribution in [3.05, 3.63) is 11.8 Å². The molecule has 0 aromatic carbocycles. The summed E-state index contributed by atoms with van der Waals surface area (Å²) in [5, 5.41) is 6.41. The molecule has 5 nitrogen and oxygen atoms in total. The zero-order valence-electron chi connectivity index (χ0n) is 11.6. The standard InChI is InChI=1S/C13H24N4O/c1-4-8-18-9-6-7-15-12-10-11(3)16-13(17-12)14-5-2/h10H,4-9H2,1-3H3,(H2,14,15,16,17). The highest BCUT2D eigenvalue weighted by Gasteiger charge is 2.00. The van der Waals surface area contributed by atoms with Gasteiger partial charge in [-0.25, -0.2) is 4.98 Å². The highest BCUT2D eigenvalue weighted by Crippen LogP contribution is 2.09. The van der Waals surface area contributed by atoms with E-state index in [0.717, 1.165) is 50.7 Å². The fourth-order valence-electron chi connectivity index (χ4n) is 1.53. The number of hydrogen-bond acceptors (Lipinski definition) is 5. The molecule has 1 aromatic rings. The largest absolute Gasteiger partial charge is 0.381 e. The van der Waals surface area contributed by atoms with Crippen LogP contribution in [-0.4, -0.2) is 36.3 Å². The van der Waals surface area contributed by atoms with Gasteiger partial charge >= 0.3 is 0 Å². The van der Waals surface area contributed by atoms with Gasteiger partial charge in [0.25, 0.3) is 0 Å². The predicted octanol–water partition coefficient (Wildman–Crippen LogP) is 2.45. The lowest BCUT2D eigenvalue weighted by molar-refractivity contribution is 0.134. The molecule has 0 fully saturated rings. The van der Waals surface area contributed by atoms with Crippen molar-refractivity contribution in [2.24, 2.45) is 0 Å². The normalized spacial score (nSPS) is 10.4. The molecule has 0 aliphatic rings. The van der Waals surface area contributed by atoms with E-state index in [4.69, 9.17) is 4.74 Å². The maximum atomic E-state index is 5.42. The Hall–Kier alpha value is -1.36. The number of aromatic nitrogens is 2. The summed E-state index contributed by atoms with van der Waals surface area (Å²) < 4.78 is 5.42. The molecule has 0 aliphatic heterocycles. The minimum atomic E-state index is 0.683. The van der Waals surface area contributed by atoms with E-state index in [0.29, 0.717) is 5.95 Å². The number of ether oxygens (including phenoxy) is 1. The minimum absolute atomic E-state index is 0.683. The summed E-state index contributed by atoms with van der Waals surface area (Å²) >= 11 is 0. The van der Waals surface area contributed by atoms with E-state index in [1.165, 1.54) is 0 Å². The second-order valence-electron chi connectivity index (χ2n) is 4.14. The lowest BCUT2D eigenvalue weighted by atomic mass is 10.4. The first-order valence-electron chi connectivity index (χ1n) is 6.67. The Bertz CT molecular complexity index is 344. The Morgan fingerprint density at radius 3 is 2.72 bits per heavy atom. The van der Waals surface area contributed by atoms with Crippen molar-refractivity contribution in [3.63, 3.8) is 0 Å². The lowest BCUT2D eigenvalue weighted by Crippen LogP contribution is -2.10. The predicted molar refractivity (Wildman–Crippen MR) is 75.1 cm³/mol. The van der Waals surface area contributed by atoms with Crippen molar-refractivity contribution >= 4 is 11.8 Å². The third kappa shape index (κ3) is 5.82. The molecule has 0 spiro atoms. The Morgan fingerprint density at radius 2 is 2.00 bits per heavy atom. The minimum Gasteiger partial charge on any atom is -0.381 e. The summed E-state index contributed by atoms with van der Waals surface area (Å²) in [6, 6.07) is 1.95. The van der Waals surface area contributed by atoms with Gasteiger partial charge in [-0.05, 0) is 26.7 Å². The van der Waals surface area contributed by atoms with Crippen molar-refractivity contribution in [1.29, 1.82) is 0 Å². The Labute approximate surface area is 109 Å². The number of rotatable bonds is 9. The maximum absolute atomic E-state index is 5.42.